The predicted octanol–water partition coefficient (Wildman–Crippen LogP) is 2.00. The molecule has 3 N–H and O–H groups in total. The zero-order valence-corrected chi connectivity index (χ0v) is 28.7. The van der Waals surface area contributed by atoms with Gasteiger partial charge in [0.05, 0.1) is 31.4 Å². The minimum atomic E-state index is -0.857. The number of hydrogen-bond acceptors (Lipinski definition) is 9. The lowest BCUT2D eigenvalue weighted by atomic mass is 10.0. The molecule has 2 aromatic heterocycles. The molecular formula is C35H48N8O6. The molecule has 1 fully saturated rings. The number of nitrogens with one attached hydrogen (secondary N) is 3. The summed E-state index contributed by atoms with van der Waals surface area (Å²) in [5.74, 6) is 0.450. The average Bonchev–Trinajstić information content (AvgIpc) is 3.70. The summed E-state index contributed by atoms with van der Waals surface area (Å²) in [6.45, 7) is 10.1. The Hall–Kier alpha value is -4.56. The van der Waals surface area contributed by atoms with E-state index < -0.39 is 12.1 Å². The summed E-state index contributed by atoms with van der Waals surface area (Å²) in [5, 5.41) is 13.4. The van der Waals surface area contributed by atoms with Crippen LogP contribution in [0.5, 0.6) is 0 Å². The van der Waals surface area contributed by atoms with Crippen molar-refractivity contribution in [1.29, 1.82) is 0 Å². The highest BCUT2D eigenvalue weighted by Gasteiger charge is 2.30. The van der Waals surface area contributed by atoms with Gasteiger partial charge in [-0.25, -0.2) is 9.67 Å². The van der Waals surface area contributed by atoms with Crippen molar-refractivity contribution in [2.75, 3.05) is 45.9 Å². The fraction of sp³-hybridized carbons (Fsp3) is 0.543. The monoisotopic (exact) mass is 676 g/mol. The van der Waals surface area contributed by atoms with Crippen molar-refractivity contribution in [3.05, 3.63) is 71.2 Å². The summed E-state index contributed by atoms with van der Waals surface area (Å²) in [5.41, 5.74) is 1.33. The summed E-state index contributed by atoms with van der Waals surface area (Å²) >= 11 is 0. The van der Waals surface area contributed by atoms with Gasteiger partial charge in [0, 0.05) is 45.6 Å². The first-order chi connectivity index (χ1) is 23.7. The van der Waals surface area contributed by atoms with E-state index in [-0.39, 0.29) is 48.9 Å². The Morgan fingerprint density at radius 3 is 2.51 bits per heavy atom. The van der Waals surface area contributed by atoms with Gasteiger partial charge >= 0.3 is 0 Å². The smallest absolute Gasteiger partial charge is 0.257 e. The Balaban J connectivity index is 1.34. The second kappa shape index (κ2) is 17.2. The fourth-order valence-electron chi connectivity index (χ4n) is 6.10. The predicted molar refractivity (Wildman–Crippen MR) is 180 cm³/mol. The molecule has 1 saturated heterocycles. The van der Waals surface area contributed by atoms with Crippen molar-refractivity contribution < 1.29 is 28.3 Å². The Morgan fingerprint density at radius 1 is 1.00 bits per heavy atom. The minimum Gasteiger partial charge on any atom is -0.467 e. The van der Waals surface area contributed by atoms with Gasteiger partial charge in [0.15, 0.2) is 5.82 Å². The topological polar surface area (TPSA) is 164 Å². The number of aromatic nitrogens is 3. The summed E-state index contributed by atoms with van der Waals surface area (Å²) < 4.78 is 12.7. The lowest BCUT2D eigenvalue weighted by Crippen LogP contribution is -2.50. The molecule has 2 atom stereocenters. The van der Waals surface area contributed by atoms with E-state index in [2.05, 4.69) is 30.9 Å². The van der Waals surface area contributed by atoms with Crippen LogP contribution >= 0.6 is 0 Å². The number of furan rings is 1. The number of benzene rings is 1. The normalized spacial score (nSPS) is 20.9. The number of aryl methyl sites for hydroxylation is 1. The Morgan fingerprint density at radius 2 is 1.76 bits per heavy atom. The molecule has 4 amide bonds. The number of carbonyl (C=O) groups excluding carboxylic acids is 4. The van der Waals surface area contributed by atoms with Gasteiger partial charge < -0.3 is 30.0 Å². The maximum Gasteiger partial charge on any atom is 0.257 e. The molecule has 2 aliphatic rings. The van der Waals surface area contributed by atoms with Crippen molar-refractivity contribution in [2.24, 2.45) is 5.92 Å². The molecule has 14 heteroatoms. The summed E-state index contributed by atoms with van der Waals surface area (Å²) in [6.07, 6.45) is 2.78. The zero-order valence-electron chi connectivity index (χ0n) is 28.7. The summed E-state index contributed by atoms with van der Waals surface area (Å²) in [4.78, 5) is 62.4. The molecule has 0 radical (unpaired) electrons. The molecule has 2 aliphatic heterocycles. The average molecular weight is 677 g/mol. The third-order valence-electron chi connectivity index (χ3n) is 8.71. The molecule has 5 rings (SSSR count). The molecule has 4 heterocycles. The highest BCUT2D eigenvalue weighted by molar-refractivity contribution is 5.94. The van der Waals surface area contributed by atoms with Crippen molar-refractivity contribution in [3.63, 3.8) is 0 Å². The molecule has 3 aromatic rings. The second-order valence-electron chi connectivity index (χ2n) is 13.0. The standard InChI is InChI=1S/C35H48N8O6/c1-24(2)32-33-37-25(3)40-43(33)22-31(45)36-12-8-14-42(35(47)27-20-28(49-23-27)21-41-15-17-48-18-16-41)13-7-11-30(44)38-29(34(46)39-32)19-26-9-5-4-6-10-26/h4-6,9-10,20,23-24,29,32H,7-8,11-19,21-22H2,1-3H3,(H,36,45)(H,38,44)(H,39,46)/t29-,32+/m1/s1. The number of morpholine rings is 1. The van der Waals surface area contributed by atoms with Crippen molar-refractivity contribution in [2.45, 2.75) is 71.6 Å². The van der Waals surface area contributed by atoms with E-state index in [1.54, 1.807) is 17.9 Å². The van der Waals surface area contributed by atoms with E-state index in [0.29, 0.717) is 75.2 Å². The van der Waals surface area contributed by atoms with Crippen LogP contribution in [0.25, 0.3) is 0 Å². The van der Waals surface area contributed by atoms with Gasteiger partial charge in [-0.15, -0.1) is 0 Å². The van der Waals surface area contributed by atoms with Crippen LogP contribution < -0.4 is 16.0 Å². The van der Waals surface area contributed by atoms with Crippen LogP contribution in [0.1, 0.15) is 72.5 Å². The van der Waals surface area contributed by atoms with Crippen LogP contribution in [0.2, 0.25) is 0 Å². The zero-order chi connectivity index (χ0) is 34.8. The van der Waals surface area contributed by atoms with Gasteiger partial charge in [0.25, 0.3) is 5.91 Å². The number of hydrogen-bond donors (Lipinski definition) is 3. The molecule has 1 aromatic carbocycles. The van der Waals surface area contributed by atoms with E-state index in [1.807, 2.05) is 44.2 Å². The number of carbonyl (C=O) groups is 4. The molecule has 14 nitrogen and oxygen atoms in total. The third kappa shape index (κ3) is 10.2. The van der Waals surface area contributed by atoms with Crippen molar-refractivity contribution >= 4 is 23.6 Å². The van der Waals surface area contributed by atoms with Gasteiger partial charge in [0.2, 0.25) is 17.7 Å². The molecular weight excluding hydrogens is 628 g/mol. The van der Waals surface area contributed by atoms with E-state index >= 15 is 0 Å². The quantitative estimate of drug-likeness (QED) is 0.354. The van der Waals surface area contributed by atoms with Crippen LogP contribution in [0.3, 0.4) is 0 Å². The van der Waals surface area contributed by atoms with E-state index in [4.69, 9.17) is 9.15 Å². The molecule has 0 unspecified atom stereocenters. The summed E-state index contributed by atoms with van der Waals surface area (Å²) in [6, 6.07) is 9.86. The van der Waals surface area contributed by atoms with Crippen molar-refractivity contribution in [1.82, 2.24) is 40.5 Å². The summed E-state index contributed by atoms with van der Waals surface area (Å²) in [7, 11) is 0. The fourth-order valence-corrected chi connectivity index (χ4v) is 6.10. The van der Waals surface area contributed by atoms with Crippen molar-refractivity contribution in [3.8, 4) is 0 Å². The van der Waals surface area contributed by atoms with Gasteiger partial charge in [-0.3, -0.25) is 24.1 Å². The molecule has 49 heavy (non-hydrogen) atoms. The molecule has 0 bridgehead atoms. The highest BCUT2D eigenvalue weighted by atomic mass is 16.5. The third-order valence-corrected chi connectivity index (χ3v) is 8.71. The molecule has 264 valence electrons. The first kappa shape index (κ1) is 35.7. The Bertz CT molecular complexity index is 1560. The lowest BCUT2D eigenvalue weighted by Gasteiger charge is -2.26. The van der Waals surface area contributed by atoms with Crippen LogP contribution in [0.15, 0.2) is 47.1 Å². The van der Waals surface area contributed by atoms with Gasteiger partial charge in [-0.2, -0.15) is 5.10 Å². The first-order valence-electron chi connectivity index (χ1n) is 17.1. The van der Waals surface area contributed by atoms with E-state index in [1.165, 1.54) is 10.9 Å². The number of amides is 4. The number of nitrogens with zero attached hydrogens (tertiary/aromatic N) is 5. The van der Waals surface area contributed by atoms with Crippen LogP contribution in [0, 0.1) is 12.8 Å². The van der Waals surface area contributed by atoms with Gasteiger partial charge in [-0.05, 0) is 37.3 Å². The maximum absolute atomic E-state index is 13.8. The highest BCUT2D eigenvalue weighted by Crippen LogP contribution is 2.21. The van der Waals surface area contributed by atoms with Gasteiger partial charge in [0.1, 0.15) is 30.4 Å². The largest absolute Gasteiger partial charge is 0.467 e. The number of rotatable bonds is 6. The van der Waals surface area contributed by atoms with Crippen LogP contribution in [-0.2, 0) is 38.6 Å². The lowest BCUT2D eigenvalue weighted by molar-refractivity contribution is -0.129. The SMILES string of the molecule is Cc1nc2n(n1)CC(=O)NCCCN(C(=O)c1coc(CN3CCOCC3)c1)CCCC(=O)N[C@H](Cc1ccccc1)C(=O)N[C@H]2C(C)C. The first-order valence-corrected chi connectivity index (χ1v) is 17.1. The number of ether oxygens (including phenoxy) is 1. The van der Waals surface area contributed by atoms with E-state index in [9.17, 15) is 19.2 Å². The second-order valence-corrected chi connectivity index (χ2v) is 13.0. The maximum atomic E-state index is 13.8. The minimum absolute atomic E-state index is 0.0803. The van der Waals surface area contributed by atoms with Crippen LogP contribution in [0.4, 0.5) is 0 Å². The number of fused-ring (bicyclic) bond motifs is 1. The van der Waals surface area contributed by atoms with Gasteiger partial charge in [-0.1, -0.05) is 44.2 Å². The molecule has 0 saturated carbocycles. The Labute approximate surface area is 286 Å². The van der Waals surface area contributed by atoms with E-state index in [0.717, 1.165) is 18.7 Å². The molecule has 0 spiro atoms. The Kier molecular flexibility index (Phi) is 12.5. The van der Waals surface area contributed by atoms with Crippen LogP contribution in [-0.4, -0.2) is 100 Å². The molecule has 0 aliphatic carbocycles.